The Hall–Kier alpha value is -2.85. The number of benzene rings is 2. The largest absolute Gasteiger partial charge is 0.435 e. The Labute approximate surface area is 217 Å². The Morgan fingerprint density at radius 1 is 1.08 bits per heavy atom. The molecule has 0 amide bonds. The van der Waals surface area contributed by atoms with Crippen molar-refractivity contribution in [3.63, 3.8) is 0 Å². The average Bonchev–Trinajstić information content (AvgIpc) is 3.16. The summed E-state index contributed by atoms with van der Waals surface area (Å²) in [5.41, 5.74) is 2.28. The Morgan fingerprint density at radius 2 is 1.81 bits per heavy atom. The molecule has 1 atom stereocenters. The second kappa shape index (κ2) is 12.6. The molecule has 2 aromatic carbocycles. The second-order valence-electron chi connectivity index (χ2n) is 9.95. The molecular weight excluding hydrogens is 478 g/mol. The number of hydrogen-bond acceptors (Lipinski definition) is 6. The van der Waals surface area contributed by atoms with Gasteiger partial charge in [0.25, 0.3) is 0 Å². The van der Waals surface area contributed by atoms with E-state index in [1.807, 2.05) is 37.3 Å². The van der Waals surface area contributed by atoms with Gasteiger partial charge < -0.3 is 14.6 Å². The lowest BCUT2D eigenvalue weighted by molar-refractivity contribution is 0.00533. The molecule has 1 fully saturated rings. The van der Waals surface area contributed by atoms with Crippen molar-refractivity contribution in [2.75, 3.05) is 45.9 Å². The van der Waals surface area contributed by atoms with Crippen LogP contribution in [0.15, 0.2) is 48.5 Å². The van der Waals surface area contributed by atoms with Crippen LogP contribution < -0.4 is 4.74 Å². The van der Waals surface area contributed by atoms with Gasteiger partial charge in [0.05, 0.1) is 36.3 Å². The van der Waals surface area contributed by atoms with Gasteiger partial charge >= 0.3 is 0 Å². The van der Waals surface area contributed by atoms with Crippen molar-refractivity contribution in [3.8, 4) is 17.3 Å². The molecule has 0 unspecified atom stereocenters. The predicted octanol–water partition coefficient (Wildman–Crippen LogP) is 4.40. The van der Waals surface area contributed by atoms with Crippen molar-refractivity contribution in [2.24, 2.45) is 5.92 Å². The van der Waals surface area contributed by atoms with Crippen LogP contribution in [0.4, 0.5) is 8.78 Å². The zero-order valence-corrected chi connectivity index (χ0v) is 21.7. The highest BCUT2D eigenvalue weighted by atomic mass is 19.1. The van der Waals surface area contributed by atoms with E-state index < -0.39 is 17.7 Å². The number of aliphatic hydroxyl groups excluding tert-OH is 1. The molecule has 1 aliphatic rings. The van der Waals surface area contributed by atoms with Crippen LogP contribution >= 0.6 is 0 Å². The first-order valence-corrected chi connectivity index (χ1v) is 12.8. The van der Waals surface area contributed by atoms with Crippen molar-refractivity contribution in [1.82, 2.24) is 19.6 Å². The van der Waals surface area contributed by atoms with E-state index in [4.69, 9.17) is 14.6 Å². The van der Waals surface area contributed by atoms with Gasteiger partial charge in [-0.3, -0.25) is 9.80 Å². The van der Waals surface area contributed by atoms with Crippen molar-refractivity contribution in [2.45, 2.75) is 33.4 Å². The Bertz CT molecular complexity index is 1150. The molecule has 37 heavy (non-hydrogen) atoms. The monoisotopic (exact) mass is 514 g/mol. The number of β-amino-alcohol motifs (C(OH)–C–C–N with tert-alkyl or cyclic N) is 1. The summed E-state index contributed by atoms with van der Waals surface area (Å²) in [5, 5.41) is 15.6. The highest BCUT2D eigenvalue weighted by Crippen LogP contribution is 2.33. The number of hydrogen-bond donors (Lipinski definition) is 1. The lowest BCUT2D eigenvalue weighted by atomic mass is 10.1. The molecule has 200 valence electrons. The Kier molecular flexibility index (Phi) is 9.26. The minimum atomic E-state index is -0.788. The Balaban J connectivity index is 1.63. The normalized spacial score (nSPS) is 15.5. The minimum absolute atomic E-state index is 0.0810. The van der Waals surface area contributed by atoms with E-state index in [1.165, 1.54) is 12.1 Å². The molecule has 1 aromatic heterocycles. The molecule has 0 saturated carbocycles. The van der Waals surface area contributed by atoms with Crippen molar-refractivity contribution in [1.29, 1.82) is 0 Å². The second-order valence-corrected chi connectivity index (χ2v) is 9.95. The van der Waals surface area contributed by atoms with Crippen LogP contribution in [0, 0.1) is 24.5 Å². The summed E-state index contributed by atoms with van der Waals surface area (Å²) in [6.45, 7) is 11.4. The fourth-order valence-electron chi connectivity index (χ4n) is 4.61. The third-order valence-corrected chi connectivity index (χ3v) is 6.29. The predicted molar refractivity (Wildman–Crippen MR) is 138 cm³/mol. The molecule has 0 aliphatic carbocycles. The quantitative estimate of drug-likeness (QED) is 0.409. The summed E-state index contributed by atoms with van der Waals surface area (Å²) in [4.78, 5) is 4.40. The van der Waals surface area contributed by atoms with E-state index in [2.05, 4.69) is 23.6 Å². The Morgan fingerprint density at radius 3 is 2.49 bits per heavy atom. The van der Waals surface area contributed by atoms with Gasteiger partial charge in [-0.15, -0.1) is 0 Å². The minimum Gasteiger partial charge on any atom is -0.435 e. The zero-order valence-electron chi connectivity index (χ0n) is 21.7. The third kappa shape index (κ3) is 7.35. The molecule has 4 rings (SSSR count). The van der Waals surface area contributed by atoms with Crippen LogP contribution in [0.3, 0.4) is 0 Å². The SMILES string of the molecule is Cc1nn(-c2ccccc2)c(Oc2ccc(F)cc2F)c1CN(CC(C)C)C[C@H](O)CN1CCOCC1. The number of nitrogens with zero attached hydrogens (tertiary/aromatic N) is 4. The number of halogens is 2. The summed E-state index contributed by atoms with van der Waals surface area (Å²) in [5.74, 6) is -0.813. The van der Waals surface area contributed by atoms with Gasteiger partial charge in [-0.05, 0) is 37.1 Å². The first-order chi connectivity index (χ1) is 17.8. The summed E-state index contributed by atoms with van der Waals surface area (Å²) in [6.07, 6.45) is -0.541. The average molecular weight is 515 g/mol. The maximum absolute atomic E-state index is 14.6. The van der Waals surface area contributed by atoms with Gasteiger partial charge in [0, 0.05) is 45.3 Å². The molecule has 1 N–H and O–H groups in total. The number of para-hydroxylation sites is 1. The molecule has 2 heterocycles. The summed E-state index contributed by atoms with van der Waals surface area (Å²) >= 11 is 0. The van der Waals surface area contributed by atoms with E-state index in [0.29, 0.717) is 44.6 Å². The highest BCUT2D eigenvalue weighted by Gasteiger charge is 2.25. The van der Waals surface area contributed by atoms with Gasteiger partial charge in [0.15, 0.2) is 11.6 Å². The van der Waals surface area contributed by atoms with Crippen molar-refractivity contribution in [3.05, 3.63) is 71.4 Å². The summed E-state index contributed by atoms with van der Waals surface area (Å²) in [7, 11) is 0. The van der Waals surface area contributed by atoms with Crippen LogP contribution in [0.5, 0.6) is 11.6 Å². The molecule has 0 bridgehead atoms. The van der Waals surface area contributed by atoms with Crippen LogP contribution in [0.25, 0.3) is 5.69 Å². The maximum atomic E-state index is 14.6. The molecular formula is C28H36F2N4O3. The number of rotatable bonds is 11. The zero-order chi connectivity index (χ0) is 26.4. The van der Waals surface area contributed by atoms with E-state index in [9.17, 15) is 13.9 Å². The van der Waals surface area contributed by atoms with Gasteiger partial charge in [-0.2, -0.15) is 5.10 Å². The smallest absolute Gasteiger partial charge is 0.227 e. The van der Waals surface area contributed by atoms with E-state index >= 15 is 0 Å². The van der Waals surface area contributed by atoms with Crippen molar-refractivity contribution < 1.29 is 23.4 Å². The number of aliphatic hydroxyl groups is 1. The fraction of sp³-hybridized carbons (Fsp3) is 0.464. The number of aryl methyl sites for hydroxylation is 1. The van der Waals surface area contributed by atoms with Crippen LogP contribution in [-0.4, -0.2) is 76.7 Å². The molecule has 9 heteroatoms. The lowest BCUT2D eigenvalue weighted by Gasteiger charge is -2.31. The molecule has 7 nitrogen and oxygen atoms in total. The van der Waals surface area contributed by atoms with Crippen LogP contribution in [-0.2, 0) is 11.3 Å². The van der Waals surface area contributed by atoms with Gasteiger partial charge in [-0.1, -0.05) is 32.0 Å². The van der Waals surface area contributed by atoms with Crippen molar-refractivity contribution >= 4 is 0 Å². The van der Waals surface area contributed by atoms with Crippen LogP contribution in [0.1, 0.15) is 25.1 Å². The van der Waals surface area contributed by atoms with Crippen LogP contribution in [0.2, 0.25) is 0 Å². The third-order valence-electron chi connectivity index (χ3n) is 6.29. The van der Waals surface area contributed by atoms with E-state index in [1.54, 1.807) is 4.68 Å². The lowest BCUT2D eigenvalue weighted by Crippen LogP contribution is -2.45. The number of ether oxygens (including phenoxy) is 2. The fourth-order valence-corrected chi connectivity index (χ4v) is 4.61. The summed E-state index contributed by atoms with van der Waals surface area (Å²) < 4.78 is 41.3. The molecule has 1 aliphatic heterocycles. The topological polar surface area (TPSA) is 63.0 Å². The highest BCUT2D eigenvalue weighted by molar-refractivity contribution is 5.43. The number of morpholine rings is 1. The number of aromatic nitrogens is 2. The standard InChI is InChI=1S/C28H36F2N4O3/c1-20(2)16-33(18-24(35)17-32-11-13-36-14-12-32)19-25-21(3)31-34(23-7-5-4-6-8-23)28(25)37-27-10-9-22(29)15-26(27)30/h4-10,15,20,24,35H,11-14,16-19H2,1-3H3/t24-/m1/s1. The molecule has 3 aromatic rings. The van der Waals surface area contributed by atoms with Gasteiger partial charge in [0.2, 0.25) is 5.88 Å². The molecule has 0 radical (unpaired) electrons. The van der Waals surface area contributed by atoms with Gasteiger partial charge in [-0.25, -0.2) is 13.5 Å². The van der Waals surface area contributed by atoms with E-state index in [-0.39, 0.29) is 5.75 Å². The summed E-state index contributed by atoms with van der Waals surface area (Å²) in [6, 6.07) is 12.7. The molecule has 0 spiro atoms. The molecule has 1 saturated heterocycles. The van der Waals surface area contributed by atoms with Gasteiger partial charge in [0.1, 0.15) is 5.82 Å². The first-order valence-electron chi connectivity index (χ1n) is 12.8. The van der Waals surface area contributed by atoms with E-state index in [0.717, 1.165) is 42.6 Å². The maximum Gasteiger partial charge on any atom is 0.227 e. The first kappa shape index (κ1) is 27.2.